The maximum Gasteiger partial charge on any atom is 0.316 e. The normalized spacial score (nSPS) is 34.9. The van der Waals surface area contributed by atoms with Crippen LogP contribution in [0, 0.1) is 5.82 Å². The molecule has 5 aliphatic rings. The number of carbonyl (C=O) groups is 3. The van der Waals surface area contributed by atoms with Gasteiger partial charge in [0.25, 0.3) is 5.91 Å². The first-order valence-corrected chi connectivity index (χ1v) is 10.7. The molecule has 0 radical (unpaired) electrons. The van der Waals surface area contributed by atoms with E-state index >= 15 is 0 Å². The Hall–Kier alpha value is -2.59. The molecule has 1 aromatic rings. The van der Waals surface area contributed by atoms with Crippen molar-refractivity contribution >= 4 is 29.4 Å². The third-order valence-corrected chi connectivity index (χ3v) is 6.86. The molecule has 5 N–H and O–H groups in total. The zero-order valence-electron chi connectivity index (χ0n) is 16.6. The number of piperidine rings is 1. The fraction of sp³-hybridized carbons (Fsp3) is 0.550. The molecule has 2 heterocycles. The van der Waals surface area contributed by atoms with Crippen LogP contribution >= 0.6 is 11.6 Å². The highest BCUT2D eigenvalue weighted by atomic mass is 35.5. The summed E-state index contributed by atoms with van der Waals surface area (Å²) in [6, 6.07) is 3.45. The SMILES string of the molecule is O=C(COc1ccc(Cl)c(F)c1)NC12CC(NC(=O)C3CCC4NC(=O)NC4N3)(C1)C2. The Morgan fingerprint density at radius 2 is 1.90 bits per heavy atom. The van der Waals surface area contributed by atoms with Crippen molar-refractivity contribution in [3.63, 3.8) is 0 Å². The number of rotatable bonds is 6. The fourth-order valence-electron chi connectivity index (χ4n) is 5.23. The maximum atomic E-state index is 13.4. The van der Waals surface area contributed by atoms with Gasteiger partial charge in [-0.2, -0.15) is 0 Å². The summed E-state index contributed by atoms with van der Waals surface area (Å²) in [5, 5.41) is 14.9. The van der Waals surface area contributed by atoms with Crippen molar-refractivity contribution in [1.82, 2.24) is 26.6 Å². The molecule has 3 unspecified atom stereocenters. The van der Waals surface area contributed by atoms with Gasteiger partial charge >= 0.3 is 6.03 Å². The van der Waals surface area contributed by atoms with Crippen LogP contribution in [0.4, 0.5) is 9.18 Å². The molecule has 9 nitrogen and oxygen atoms in total. The number of nitrogens with one attached hydrogen (secondary N) is 5. The molecule has 31 heavy (non-hydrogen) atoms. The van der Waals surface area contributed by atoms with Crippen molar-refractivity contribution in [2.24, 2.45) is 0 Å². The summed E-state index contributed by atoms with van der Waals surface area (Å²) >= 11 is 5.63. The minimum Gasteiger partial charge on any atom is -0.484 e. The van der Waals surface area contributed by atoms with Gasteiger partial charge in [-0.25, -0.2) is 9.18 Å². The first-order valence-electron chi connectivity index (χ1n) is 10.3. The lowest BCUT2D eigenvalue weighted by molar-refractivity contribution is -0.151. The highest BCUT2D eigenvalue weighted by molar-refractivity contribution is 6.30. The number of amides is 4. The van der Waals surface area contributed by atoms with E-state index in [9.17, 15) is 18.8 Å². The van der Waals surface area contributed by atoms with Gasteiger partial charge in [0.05, 0.1) is 17.1 Å². The summed E-state index contributed by atoms with van der Waals surface area (Å²) in [7, 11) is 0. The highest BCUT2D eigenvalue weighted by Crippen LogP contribution is 2.60. The van der Waals surface area contributed by atoms with E-state index in [1.165, 1.54) is 12.1 Å². The zero-order valence-corrected chi connectivity index (χ0v) is 17.4. The van der Waals surface area contributed by atoms with Crippen LogP contribution in [0.3, 0.4) is 0 Å². The first kappa shape index (κ1) is 20.3. The molecule has 166 valence electrons. The second-order valence-electron chi connectivity index (χ2n) is 8.99. The van der Waals surface area contributed by atoms with Crippen LogP contribution in [0.25, 0.3) is 0 Å². The Morgan fingerprint density at radius 3 is 2.65 bits per heavy atom. The molecular weight excluding hydrogens is 429 g/mol. The molecule has 4 amide bonds. The van der Waals surface area contributed by atoms with Crippen LogP contribution in [0.5, 0.6) is 5.75 Å². The number of hydrogen-bond acceptors (Lipinski definition) is 5. The van der Waals surface area contributed by atoms with Gasteiger partial charge in [0.15, 0.2) is 6.61 Å². The van der Waals surface area contributed by atoms with Gasteiger partial charge in [-0.3, -0.25) is 14.9 Å². The topological polar surface area (TPSA) is 121 Å². The smallest absolute Gasteiger partial charge is 0.316 e. The molecule has 2 saturated heterocycles. The number of fused-ring (bicyclic) bond motifs is 1. The van der Waals surface area contributed by atoms with Crippen LogP contribution < -0.4 is 31.3 Å². The van der Waals surface area contributed by atoms with E-state index in [0.29, 0.717) is 25.7 Å². The lowest BCUT2D eigenvalue weighted by Gasteiger charge is -2.70. The molecule has 1 aromatic carbocycles. The quantitative estimate of drug-likeness (QED) is 0.432. The molecule has 3 atom stereocenters. The number of hydrogen-bond donors (Lipinski definition) is 5. The number of urea groups is 1. The predicted molar refractivity (Wildman–Crippen MR) is 108 cm³/mol. The van der Waals surface area contributed by atoms with E-state index in [1.54, 1.807) is 0 Å². The Balaban J connectivity index is 1.06. The fourth-order valence-corrected chi connectivity index (χ4v) is 5.35. The van der Waals surface area contributed by atoms with E-state index in [4.69, 9.17) is 16.3 Å². The van der Waals surface area contributed by atoms with E-state index in [-0.39, 0.29) is 64.6 Å². The van der Waals surface area contributed by atoms with Gasteiger partial charge in [-0.05, 0) is 44.2 Å². The molecule has 11 heteroatoms. The Morgan fingerprint density at radius 1 is 1.16 bits per heavy atom. The minimum atomic E-state index is -0.605. The van der Waals surface area contributed by atoms with Gasteiger partial charge in [0, 0.05) is 17.1 Å². The van der Waals surface area contributed by atoms with Gasteiger partial charge in [0.2, 0.25) is 5.91 Å². The summed E-state index contributed by atoms with van der Waals surface area (Å²) in [6.45, 7) is -0.226. The molecule has 0 spiro atoms. The van der Waals surface area contributed by atoms with E-state index in [1.807, 2.05) is 0 Å². The molecular formula is C20H23ClFN5O4. The van der Waals surface area contributed by atoms with Gasteiger partial charge in [-0.1, -0.05) is 11.6 Å². The average Bonchev–Trinajstić information content (AvgIpc) is 3.05. The average molecular weight is 452 g/mol. The second kappa shape index (κ2) is 7.23. The molecule has 0 aromatic heterocycles. The third kappa shape index (κ3) is 3.78. The van der Waals surface area contributed by atoms with E-state index in [0.717, 1.165) is 12.5 Å². The van der Waals surface area contributed by atoms with E-state index in [2.05, 4.69) is 26.6 Å². The predicted octanol–water partition coefficient (Wildman–Crippen LogP) is 0.525. The van der Waals surface area contributed by atoms with Crippen LogP contribution in [-0.2, 0) is 9.59 Å². The Labute approximate surface area is 182 Å². The van der Waals surface area contributed by atoms with Crippen molar-refractivity contribution in [2.75, 3.05) is 6.61 Å². The highest BCUT2D eigenvalue weighted by Gasteiger charge is 2.69. The van der Waals surface area contributed by atoms with E-state index < -0.39 is 5.82 Å². The minimum absolute atomic E-state index is 0.00841. The molecule has 2 bridgehead atoms. The summed E-state index contributed by atoms with van der Waals surface area (Å²) in [4.78, 5) is 36.3. The van der Waals surface area contributed by atoms with Crippen molar-refractivity contribution in [1.29, 1.82) is 0 Å². The van der Waals surface area contributed by atoms with Crippen LogP contribution in [0.1, 0.15) is 32.1 Å². The second-order valence-corrected chi connectivity index (χ2v) is 9.40. The number of carbonyl (C=O) groups excluding carboxylic acids is 3. The first-order chi connectivity index (χ1) is 14.7. The number of ether oxygens (including phenoxy) is 1. The van der Waals surface area contributed by atoms with Crippen molar-refractivity contribution in [3.8, 4) is 5.75 Å². The van der Waals surface area contributed by atoms with Crippen molar-refractivity contribution in [2.45, 2.75) is 61.4 Å². The van der Waals surface area contributed by atoms with Crippen LogP contribution in [0.2, 0.25) is 5.02 Å². The molecule has 2 aliphatic heterocycles. The Bertz CT molecular complexity index is 940. The molecule has 3 saturated carbocycles. The van der Waals surface area contributed by atoms with Crippen LogP contribution in [-0.4, -0.2) is 53.8 Å². The largest absolute Gasteiger partial charge is 0.484 e. The van der Waals surface area contributed by atoms with Crippen LogP contribution in [0.15, 0.2) is 18.2 Å². The number of halogens is 2. The monoisotopic (exact) mass is 451 g/mol. The van der Waals surface area contributed by atoms with Gasteiger partial charge < -0.3 is 26.0 Å². The lowest BCUT2D eigenvalue weighted by Crippen LogP contribution is -2.84. The van der Waals surface area contributed by atoms with Gasteiger partial charge in [0.1, 0.15) is 17.7 Å². The summed E-state index contributed by atoms with van der Waals surface area (Å²) in [5.74, 6) is -0.743. The summed E-state index contributed by atoms with van der Waals surface area (Å²) in [5.41, 5.74) is -0.590. The van der Waals surface area contributed by atoms with Gasteiger partial charge in [-0.15, -0.1) is 0 Å². The van der Waals surface area contributed by atoms with Crippen molar-refractivity contribution in [3.05, 3.63) is 29.0 Å². The number of benzene rings is 1. The standard InChI is InChI=1S/C20H23ClFN5O4/c21-11-2-1-10(5-12(11)22)31-6-15(28)26-19-7-20(8-19,9-19)27-17(29)14-4-3-13-16(23-14)25-18(30)24-13/h1-2,5,13-14,16,23H,3-4,6-9H2,(H,26,28)(H,27,29)(H2,24,25,30). The Kier molecular flexibility index (Phi) is 4.74. The summed E-state index contributed by atoms with van der Waals surface area (Å²) in [6.07, 6.45) is 3.16. The molecule has 3 aliphatic carbocycles. The molecule has 6 rings (SSSR count). The summed E-state index contributed by atoms with van der Waals surface area (Å²) < 4.78 is 18.8. The molecule has 5 fully saturated rings. The third-order valence-electron chi connectivity index (χ3n) is 6.55. The lowest BCUT2D eigenvalue weighted by atomic mass is 9.44. The zero-order chi connectivity index (χ0) is 21.8. The van der Waals surface area contributed by atoms with Crippen molar-refractivity contribution < 1.29 is 23.5 Å². The maximum absolute atomic E-state index is 13.4.